The highest BCUT2D eigenvalue weighted by Gasteiger charge is 2.13. The zero-order valence-electron chi connectivity index (χ0n) is 11.2. The lowest BCUT2D eigenvalue weighted by Gasteiger charge is -2.32. The van der Waals surface area contributed by atoms with Crippen molar-refractivity contribution in [3.05, 3.63) is 0 Å². The first-order valence-corrected chi connectivity index (χ1v) is 6.60. The summed E-state index contributed by atoms with van der Waals surface area (Å²) in [6.07, 6.45) is 0.580. The minimum atomic E-state index is 0.153. The Kier molecular flexibility index (Phi) is 7.16. The molecule has 1 fully saturated rings. The molecule has 1 rings (SSSR count). The number of hydrogen-bond acceptors (Lipinski definition) is 4. The standard InChI is InChI=1S/C12H26N4O/c1-3-13-5-4-12(17)14-6-7-16-10-8-15(2)9-11-16/h13H,3-11H2,1-2H3,(H,14,17). The average Bonchev–Trinajstić information content (AvgIpc) is 2.32. The van der Waals surface area contributed by atoms with E-state index in [0.29, 0.717) is 6.42 Å². The van der Waals surface area contributed by atoms with Gasteiger partial charge in [0.2, 0.25) is 5.91 Å². The van der Waals surface area contributed by atoms with Gasteiger partial charge in [-0.25, -0.2) is 0 Å². The van der Waals surface area contributed by atoms with Crippen LogP contribution in [0.2, 0.25) is 0 Å². The Morgan fingerprint density at radius 2 is 1.88 bits per heavy atom. The first kappa shape index (κ1) is 14.4. The molecule has 0 aromatic rings. The Morgan fingerprint density at radius 3 is 2.53 bits per heavy atom. The van der Waals surface area contributed by atoms with Gasteiger partial charge in [-0.2, -0.15) is 0 Å². The number of rotatable bonds is 7. The summed E-state index contributed by atoms with van der Waals surface area (Å²) in [5.74, 6) is 0.153. The summed E-state index contributed by atoms with van der Waals surface area (Å²) in [6.45, 7) is 9.99. The van der Waals surface area contributed by atoms with Gasteiger partial charge in [-0.05, 0) is 13.6 Å². The van der Waals surface area contributed by atoms with Crippen molar-refractivity contribution < 1.29 is 4.79 Å². The van der Waals surface area contributed by atoms with Crippen LogP contribution >= 0.6 is 0 Å². The maximum Gasteiger partial charge on any atom is 0.221 e. The Morgan fingerprint density at radius 1 is 1.18 bits per heavy atom. The number of likely N-dealkylation sites (N-methyl/N-ethyl adjacent to an activating group) is 1. The predicted molar refractivity (Wildman–Crippen MR) is 70.1 cm³/mol. The third kappa shape index (κ3) is 6.61. The molecule has 0 saturated carbocycles. The van der Waals surface area contributed by atoms with Crippen molar-refractivity contribution >= 4 is 5.91 Å². The molecule has 0 bridgehead atoms. The van der Waals surface area contributed by atoms with Crippen molar-refractivity contribution in [1.29, 1.82) is 0 Å². The van der Waals surface area contributed by atoms with Gasteiger partial charge in [0.05, 0.1) is 0 Å². The van der Waals surface area contributed by atoms with Crippen molar-refractivity contribution in [3.63, 3.8) is 0 Å². The molecule has 5 heteroatoms. The summed E-state index contributed by atoms with van der Waals surface area (Å²) in [5, 5.41) is 6.11. The monoisotopic (exact) mass is 242 g/mol. The summed E-state index contributed by atoms with van der Waals surface area (Å²) in [5.41, 5.74) is 0. The molecule has 0 aliphatic carbocycles. The van der Waals surface area contributed by atoms with Crippen molar-refractivity contribution in [2.24, 2.45) is 0 Å². The van der Waals surface area contributed by atoms with E-state index in [4.69, 9.17) is 0 Å². The molecular formula is C12H26N4O. The maximum absolute atomic E-state index is 11.4. The van der Waals surface area contributed by atoms with Crippen LogP contribution in [0.4, 0.5) is 0 Å². The van der Waals surface area contributed by atoms with Gasteiger partial charge in [-0.1, -0.05) is 6.92 Å². The molecule has 1 saturated heterocycles. The van der Waals surface area contributed by atoms with E-state index in [2.05, 4.69) is 27.5 Å². The molecule has 0 spiro atoms. The summed E-state index contributed by atoms with van der Waals surface area (Å²) >= 11 is 0. The number of carbonyl (C=O) groups excluding carboxylic acids is 1. The molecule has 1 aliphatic rings. The van der Waals surface area contributed by atoms with Gasteiger partial charge < -0.3 is 15.5 Å². The topological polar surface area (TPSA) is 47.6 Å². The van der Waals surface area contributed by atoms with Gasteiger partial charge >= 0.3 is 0 Å². The molecule has 100 valence electrons. The van der Waals surface area contributed by atoms with Crippen molar-refractivity contribution in [2.75, 3.05) is 59.4 Å². The van der Waals surface area contributed by atoms with Crippen LogP contribution in [-0.4, -0.2) is 75.1 Å². The largest absolute Gasteiger partial charge is 0.355 e. The summed E-state index contributed by atoms with van der Waals surface area (Å²) < 4.78 is 0. The molecule has 0 aromatic carbocycles. The lowest BCUT2D eigenvalue weighted by atomic mass is 10.3. The highest BCUT2D eigenvalue weighted by Crippen LogP contribution is 1.97. The Balaban J connectivity index is 1.97. The molecule has 0 aromatic heterocycles. The number of carbonyl (C=O) groups is 1. The Hall–Kier alpha value is -0.650. The van der Waals surface area contributed by atoms with Crippen LogP contribution in [0.15, 0.2) is 0 Å². The molecule has 1 aliphatic heterocycles. The highest BCUT2D eigenvalue weighted by atomic mass is 16.1. The van der Waals surface area contributed by atoms with Gasteiger partial charge in [-0.15, -0.1) is 0 Å². The highest BCUT2D eigenvalue weighted by molar-refractivity contribution is 5.76. The Bertz CT molecular complexity index is 215. The predicted octanol–water partition coefficient (Wildman–Crippen LogP) is -0.650. The second kappa shape index (κ2) is 8.44. The van der Waals surface area contributed by atoms with Crippen molar-refractivity contribution in [2.45, 2.75) is 13.3 Å². The average molecular weight is 242 g/mol. The fraction of sp³-hybridized carbons (Fsp3) is 0.917. The molecule has 2 N–H and O–H groups in total. The van der Waals surface area contributed by atoms with E-state index in [9.17, 15) is 4.79 Å². The summed E-state index contributed by atoms with van der Waals surface area (Å²) in [4.78, 5) is 16.2. The normalized spacial score (nSPS) is 18.2. The van der Waals surface area contributed by atoms with Crippen LogP contribution in [0.1, 0.15) is 13.3 Å². The van der Waals surface area contributed by atoms with E-state index in [0.717, 1.165) is 52.4 Å². The van der Waals surface area contributed by atoms with E-state index in [1.54, 1.807) is 0 Å². The summed E-state index contributed by atoms with van der Waals surface area (Å²) in [6, 6.07) is 0. The Labute approximate surface area is 105 Å². The van der Waals surface area contributed by atoms with Crippen LogP contribution < -0.4 is 10.6 Å². The second-order valence-electron chi connectivity index (χ2n) is 4.60. The number of amides is 1. The third-order valence-electron chi connectivity index (χ3n) is 3.12. The van der Waals surface area contributed by atoms with E-state index in [-0.39, 0.29) is 5.91 Å². The van der Waals surface area contributed by atoms with Crippen LogP contribution in [0, 0.1) is 0 Å². The summed E-state index contributed by atoms with van der Waals surface area (Å²) in [7, 11) is 2.15. The molecule has 17 heavy (non-hydrogen) atoms. The zero-order chi connectivity index (χ0) is 12.5. The van der Waals surface area contributed by atoms with Crippen molar-refractivity contribution in [3.8, 4) is 0 Å². The third-order valence-corrected chi connectivity index (χ3v) is 3.12. The lowest BCUT2D eigenvalue weighted by molar-refractivity contribution is -0.121. The first-order valence-electron chi connectivity index (χ1n) is 6.60. The minimum absolute atomic E-state index is 0.153. The quantitative estimate of drug-likeness (QED) is 0.583. The molecule has 0 unspecified atom stereocenters. The number of hydrogen-bond donors (Lipinski definition) is 2. The van der Waals surface area contributed by atoms with E-state index >= 15 is 0 Å². The molecule has 0 atom stereocenters. The van der Waals surface area contributed by atoms with E-state index < -0.39 is 0 Å². The van der Waals surface area contributed by atoms with Crippen LogP contribution in [0.5, 0.6) is 0 Å². The minimum Gasteiger partial charge on any atom is -0.355 e. The van der Waals surface area contributed by atoms with Crippen molar-refractivity contribution in [1.82, 2.24) is 20.4 Å². The van der Waals surface area contributed by atoms with Gasteiger partial charge in [-0.3, -0.25) is 9.69 Å². The number of piperazine rings is 1. The molecule has 1 amide bonds. The van der Waals surface area contributed by atoms with Crippen LogP contribution in [0.3, 0.4) is 0 Å². The molecule has 1 heterocycles. The van der Waals surface area contributed by atoms with Gasteiger partial charge in [0, 0.05) is 52.2 Å². The first-order chi connectivity index (χ1) is 8.22. The smallest absolute Gasteiger partial charge is 0.221 e. The number of nitrogens with one attached hydrogen (secondary N) is 2. The SMILES string of the molecule is CCNCCC(=O)NCCN1CCN(C)CC1. The van der Waals surface area contributed by atoms with E-state index in [1.807, 2.05) is 6.92 Å². The van der Waals surface area contributed by atoms with Gasteiger partial charge in [0.25, 0.3) is 0 Å². The molecular weight excluding hydrogens is 216 g/mol. The molecule has 5 nitrogen and oxygen atoms in total. The van der Waals surface area contributed by atoms with Gasteiger partial charge in [0.15, 0.2) is 0 Å². The van der Waals surface area contributed by atoms with Gasteiger partial charge in [0.1, 0.15) is 0 Å². The fourth-order valence-corrected chi connectivity index (χ4v) is 1.89. The fourth-order valence-electron chi connectivity index (χ4n) is 1.89. The number of nitrogens with zero attached hydrogens (tertiary/aromatic N) is 2. The van der Waals surface area contributed by atoms with E-state index in [1.165, 1.54) is 0 Å². The second-order valence-corrected chi connectivity index (χ2v) is 4.60. The maximum atomic E-state index is 11.4. The lowest BCUT2D eigenvalue weighted by Crippen LogP contribution is -2.47. The molecule has 0 radical (unpaired) electrons. The zero-order valence-corrected chi connectivity index (χ0v) is 11.2. The van der Waals surface area contributed by atoms with Crippen LogP contribution in [0.25, 0.3) is 0 Å². The van der Waals surface area contributed by atoms with Crippen LogP contribution in [-0.2, 0) is 4.79 Å².